The first-order valence-electron chi connectivity index (χ1n) is 6.46. The first kappa shape index (κ1) is 18.9. The molecule has 0 aromatic heterocycles. The Morgan fingerprint density at radius 2 is 1.55 bits per heavy atom. The van der Waals surface area contributed by atoms with Crippen molar-refractivity contribution in [2.75, 3.05) is 6.54 Å². The van der Waals surface area contributed by atoms with Crippen molar-refractivity contribution >= 4 is 6.09 Å². The third kappa shape index (κ3) is 3.41. The van der Waals surface area contributed by atoms with Gasteiger partial charge >= 0.3 is 18.4 Å². The fraction of sp³-hybridized carbons (Fsp3) is 0.917. The summed E-state index contributed by atoms with van der Waals surface area (Å²) in [7, 11) is 0. The summed E-state index contributed by atoms with van der Waals surface area (Å²) in [6.45, 7) is 3.93. The zero-order valence-corrected chi connectivity index (χ0v) is 12.2. The minimum atomic E-state index is -5.97. The van der Waals surface area contributed by atoms with Crippen molar-refractivity contribution in [2.24, 2.45) is 0 Å². The molecule has 1 N–H and O–H groups in total. The molecule has 1 saturated heterocycles. The van der Waals surface area contributed by atoms with Crippen LogP contribution in [0.4, 0.5) is 31.1 Å². The van der Waals surface area contributed by atoms with Gasteiger partial charge in [0.1, 0.15) is 5.60 Å². The number of carbonyl (C=O) groups is 1. The minimum absolute atomic E-state index is 0.0988. The molecule has 1 aliphatic heterocycles. The lowest BCUT2D eigenvalue weighted by Gasteiger charge is -2.40. The van der Waals surface area contributed by atoms with Crippen LogP contribution in [0, 0.1) is 0 Å². The van der Waals surface area contributed by atoms with Crippen LogP contribution in [0.15, 0.2) is 0 Å². The van der Waals surface area contributed by atoms with Crippen LogP contribution >= 0.6 is 0 Å². The van der Waals surface area contributed by atoms with Gasteiger partial charge in [-0.25, -0.2) is 4.79 Å². The molecule has 1 atom stereocenters. The normalized spacial score (nSPS) is 21.2. The van der Waals surface area contributed by atoms with E-state index < -0.39 is 42.1 Å². The molecule has 22 heavy (non-hydrogen) atoms. The van der Waals surface area contributed by atoms with Gasteiger partial charge in [-0.05, 0) is 33.6 Å². The first-order chi connectivity index (χ1) is 9.61. The highest BCUT2D eigenvalue weighted by atomic mass is 19.4. The topological polar surface area (TPSA) is 49.8 Å². The highest BCUT2D eigenvalue weighted by Gasteiger charge is 2.75. The average molecular weight is 337 g/mol. The Bertz CT molecular complexity index is 412. The second-order valence-electron chi connectivity index (χ2n) is 6.09. The zero-order valence-electron chi connectivity index (χ0n) is 12.2. The summed E-state index contributed by atoms with van der Waals surface area (Å²) in [5, 5.41) is 9.40. The summed E-state index contributed by atoms with van der Waals surface area (Å²) in [5.41, 5.74) is -6.08. The molecule has 4 nitrogen and oxygen atoms in total. The monoisotopic (exact) mass is 337 g/mol. The van der Waals surface area contributed by atoms with E-state index in [2.05, 4.69) is 0 Å². The number of ether oxygens (including phenoxy) is 1. The highest BCUT2D eigenvalue weighted by molar-refractivity contribution is 5.69. The summed E-state index contributed by atoms with van der Waals surface area (Å²) >= 11 is 0. The molecule has 1 heterocycles. The first-order valence-corrected chi connectivity index (χ1v) is 6.46. The average Bonchev–Trinajstić information content (AvgIpc) is 2.70. The molecule has 1 aliphatic rings. The van der Waals surface area contributed by atoms with E-state index in [4.69, 9.17) is 4.74 Å². The van der Waals surface area contributed by atoms with Crippen LogP contribution < -0.4 is 0 Å². The van der Waals surface area contributed by atoms with Crippen LogP contribution in [0.2, 0.25) is 0 Å². The number of hydrogen-bond acceptors (Lipinski definition) is 3. The SMILES string of the molecule is CC(C)(C)OC(=O)N1CCC[C@@H]1C(O)(C(F)(F)F)C(F)(F)F. The van der Waals surface area contributed by atoms with Crippen LogP contribution in [0.1, 0.15) is 33.6 Å². The molecule has 0 radical (unpaired) electrons. The van der Waals surface area contributed by atoms with E-state index in [1.54, 1.807) is 0 Å². The second kappa shape index (κ2) is 5.47. The maximum absolute atomic E-state index is 12.9. The van der Waals surface area contributed by atoms with Gasteiger partial charge in [-0.15, -0.1) is 0 Å². The van der Waals surface area contributed by atoms with Crippen molar-refractivity contribution in [1.29, 1.82) is 0 Å². The number of hydrogen-bond donors (Lipinski definition) is 1. The standard InChI is InChI=1S/C12H17F6NO3/c1-9(2,3)22-8(20)19-6-4-5-7(19)10(21,11(13,14)15)12(16,17)18/h7,21H,4-6H2,1-3H3/t7-/m1/s1. The summed E-state index contributed by atoms with van der Waals surface area (Å²) in [5.74, 6) is 0. The molecule has 10 heteroatoms. The van der Waals surface area contributed by atoms with Crippen molar-refractivity contribution in [3.05, 3.63) is 0 Å². The number of halogens is 6. The van der Waals surface area contributed by atoms with Crippen molar-refractivity contribution in [1.82, 2.24) is 4.90 Å². The molecule has 0 bridgehead atoms. The largest absolute Gasteiger partial charge is 0.444 e. The molecule has 1 fully saturated rings. The maximum Gasteiger partial charge on any atom is 0.428 e. The number of nitrogens with zero attached hydrogens (tertiary/aromatic N) is 1. The number of likely N-dealkylation sites (tertiary alicyclic amines) is 1. The van der Waals surface area contributed by atoms with Crippen molar-refractivity contribution in [3.63, 3.8) is 0 Å². The molecule has 0 aliphatic carbocycles. The molecule has 0 aromatic carbocycles. The molecule has 1 rings (SSSR count). The van der Waals surface area contributed by atoms with Crippen LogP contribution in [0.25, 0.3) is 0 Å². The molecule has 0 saturated carbocycles. The summed E-state index contributed by atoms with van der Waals surface area (Å²) in [6.07, 6.45) is -14.0. The van der Waals surface area contributed by atoms with E-state index in [1.165, 1.54) is 20.8 Å². The zero-order chi connectivity index (χ0) is 17.6. The molecule has 130 valence electrons. The number of amides is 1. The van der Waals surface area contributed by atoms with Crippen molar-refractivity contribution < 1.29 is 41.0 Å². The Morgan fingerprint density at radius 1 is 1.09 bits per heavy atom. The van der Waals surface area contributed by atoms with Gasteiger partial charge in [-0.2, -0.15) is 26.3 Å². The Balaban J connectivity index is 3.18. The van der Waals surface area contributed by atoms with Crippen LogP contribution in [-0.4, -0.2) is 52.2 Å². The number of rotatable bonds is 1. The number of alkyl halides is 6. The van der Waals surface area contributed by atoms with E-state index in [9.17, 15) is 36.2 Å². The lowest BCUT2D eigenvalue weighted by Crippen LogP contribution is -2.68. The van der Waals surface area contributed by atoms with E-state index in [0.29, 0.717) is 4.90 Å². The van der Waals surface area contributed by atoms with Gasteiger partial charge in [-0.3, -0.25) is 0 Å². The Morgan fingerprint density at radius 3 is 1.91 bits per heavy atom. The molecule has 1 amide bonds. The highest BCUT2D eigenvalue weighted by Crippen LogP contribution is 2.49. The van der Waals surface area contributed by atoms with Gasteiger partial charge in [0.15, 0.2) is 0 Å². The Kier molecular flexibility index (Phi) is 4.69. The van der Waals surface area contributed by atoms with E-state index in [-0.39, 0.29) is 13.0 Å². The predicted octanol–water partition coefficient (Wildman–Crippen LogP) is 3.24. The van der Waals surface area contributed by atoms with Crippen molar-refractivity contribution in [2.45, 2.75) is 63.2 Å². The van der Waals surface area contributed by atoms with Crippen LogP contribution in [-0.2, 0) is 4.74 Å². The second-order valence-corrected chi connectivity index (χ2v) is 6.09. The Hall–Kier alpha value is -1.19. The van der Waals surface area contributed by atoms with Gasteiger partial charge in [0, 0.05) is 6.54 Å². The van der Waals surface area contributed by atoms with Crippen LogP contribution in [0.3, 0.4) is 0 Å². The molecule has 0 unspecified atom stereocenters. The van der Waals surface area contributed by atoms with Crippen LogP contribution in [0.5, 0.6) is 0 Å². The van der Waals surface area contributed by atoms with Gasteiger partial charge in [0.05, 0.1) is 6.04 Å². The lowest BCUT2D eigenvalue weighted by atomic mass is 9.90. The smallest absolute Gasteiger partial charge is 0.428 e. The quantitative estimate of drug-likeness (QED) is 0.748. The number of aliphatic hydroxyl groups is 1. The van der Waals surface area contributed by atoms with E-state index in [1.807, 2.05) is 0 Å². The molecule has 0 spiro atoms. The fourth-order valence-corrected chi connectivity index (χ4v) is 2.28. The van der Waals surface area contributed by atoms with Gasteiger partial charge in [0.25, 0.3) is 5.60 Å². The molecular weight excluding hydrogens is 320 g/mol. The van der Waals surface area contributed by atoms with Gasteiger partial charge < -0.3 is 14.7 Å². The van der Waals surface area contributed by atoms with Crippen molar-refractivity contribution in [3.8, 4) is 0 Å². The predicted molar refractivity (Wildman–Crippen MR) is 63.0 cm³/mol. The molecule has 0 aromatic rings. The third-order valence-corrected chi connectivity index (χ3v) is 3.23. The third-order valence-electron chi connectivity index (χ3n) is 3.23. The van der Waals surface area contributed by atoms with E-state index in [0.717, 1.165) is 0 Å². The van der Waals surface area contributed by atoms with E-state index >= 15 is 0 Å². The summed E-state index contributed by atoms with van der Waals surface area (Å²) in [4.78, 5) is 12.1. The summed E-state index contributed by atoms with van der Waals surface area (Å²) in [6, 6.07) is -2.47. The van der Waals surface area contributed by atoms with Gasteiger partial charge in [0.2, 0.25) is 0 Å². The maximum atomic E-state index is 12.9. The lowest BCUT2D eigenvalue weighted by molar-refractivity contribution is -0.380. The molecular formula is C12H17F6NO3. The van der Waals surface area contributed by atoms with Gasteiger partial charge in [-0.1, -0.05) is 0 Å². The summed E-state index contributed by atoms with van der Waals surface area (Å²) < 4.78 is 82.1. The fourth-order valence-electron chi connectivity index (χ4n) is 2.28. The number of carbonyl (C=O) groups excluding carboxylic acids is 1. The minimum Gasteiger partial charge on any atom is -0.444 e. The Labute approximate surface area is 123 Å².